The molecule has 0 spiro atoms. The van der Waals surface area contributed by atoms with Gasteiger partial charge in [-0.1, -0.05) is 24.3 Å². The average molecular weight is 392 g/mol. The summed E-state index contributed by atoms with van der Waals surface area (Å²) in [5.41, 5.74) is 0.696. The number of carbonyl (C=O) groups excluding carboxylic acids is 1. The minimum absolute atomic E-state index is 0.130. The summed E-state index contributed by atoms with van der Waals surface area (Å²) in [5, 5.41) is 3.21. The van der Waals surface area contributed by atoms with Gasteiger partial charge in [0.15, 0.2) is 0 Å². The fourth-order valence-corrected chi connectivity index (χ4v) is 6.15. The van der Waals surface area contributed by atoms with Crippen LogP contribution < -0.4 is 14.8 Å². The third kappa shape index (κ3) is 3.98. The van der Waals surface area contributed by atoms with E-state index in [-0.39, 0.29) is 11.3 Å². The van der Waals surface area contributed by atoms with Crippen LogP contribution in [-0.2, 0) is 4.79 Å². The number of anilines is 1. The van der Waals surface area contributed by atoms with Crippen molar-refractivity contribution in [2.24, 2.45) is 23.2 Å². The van der Waals surface area contributed by atoms with Crippen molar-refractivity contribution in [2.75, 3.05) is 18.5 Å². The second-order valence-corrected chi connectivity index (χ2v) is 9.19. The molecule has 0 atom stereocenters. The normalized spacial score (nSPS) is 29.4. The van der Waals surface area contributed by atoms with Crippen LogP contribution in [0.15, 0.2) is 54.6 Å². The third-order valence-electron chi connectivity index (χ3n) is 6.98. The molecular formula is C25H29NO3. The Morgan fingerprint density at radius 3 is 2.07 bits per heavy atom. The van der Waals surface area contributed by atoms with Crippen LogP contribution in [0.3, 0.4) is 0 Å². The smallest absolute Gasteiger partial charge is 0.230 e. The zero-order chi connectivity index (χ0) is 19.7. The van der Waals surface area contributed by atoms with E-state index < -0.39 is 0 Å². The summed E-state index contributed by atoms with van der Waals surface area (Å²) < 4.78 is 11.5. The first-order chi connectivity index (χ1) is 14.2. The van der Waals surface area contributed by atoms with Crippen molar-refractivity contribution >= 4 is 11.6 Å². The van der Waals surface area contributed by atoms with Gasteiger partial charge in [-0.3, -0.25) is 4.79 Å². The number of amides is 1. The number of carbonyl (C=O) groups is 1. The highest BCUT2D eigenvalue weighted by molar-refractivity contribution is 5.95. The fraction of sp³-hybridized carbons (Fsp3) is 0.480. The molecular weight excluding hydrogens is 362 g/mol. The van der Waals surface area contributed by atoms with E-state index in [1.54, 1.807) is 0 Å². The van der Waals surface area contributed by atoms with Crippen LogP contribution in [0.25, 0.3) is 0 Å². The molecule has 4 heteroatoms. The highest BCUT2D eigenvalue weighted by Crippen LogP contribution is 2.60. The molecule has 6 rings (SSSR count). The van der Waals surface area contributed by atoms with Crippen LogP contribution >= 0.6 is 0 Å². The lowest BCUT2D eigenvalue weighted by Gasteiger charge is -2.55. The summed E-state index contributed by atoms with van der Waals surface area (Å²) in [6.45, 7) is 0.940. The van der Waals surface area contributed by atoms with E-state index in [1.165, 1.54) is 19.3 Å². The number of benzene rings is 2. The van der Waals surface area contributed by atoms with Gasteiger partial charge in [0.05, 0.1) is 5.41 Å². The molecule has 0 aliphatic heterocycles. The second kappa shape index (κ2) is 7.74. The zero-order valence-electron chi connectivity index (χ0n) is 16.8. The molecule has 4 nitrogen and oxygen atoms in total. The fourth-order valence-electron chi connectivity index (χ4n) is 6.15. The van der Waals surface area contributed by atoms with Crippen molar-refractivity contribution in [3.8, 4) is 11.5 Å². The first-order valence-corrected chi connectivity index (χ1v) is 10.9. The Hall–Kier alpha value is -2.49. The average Bonchev–Trinajstić information content (AvgIpc) is 2.71. The van der Waals surface area contributed by atoms with E-state index in [9.17, 15) is 4.79 Å². The lowest BCUT2D eigenvalue weighted by atomic mass is 9.49. The Morgan fingerprint density at radius 1 is 0.828 bits per heavy atom. The molecule has 2 aromatic carbocycles. The van der Waals surface area contributed by atoms with Gasteiger partial charge >= 0.3 is 0 Å². The summed E-state index contributed by atoms with van der Waals surface area (Å²) >= 11 is 0. The topological polar surface area (TPSA) is 47.6 Å². The van der Waals surface area contributed by atoms with Crippen LogP contribution in [0.5, 0.6) is 11.5 Å². The van der Waals surface area contributed by atoms with Crippen LogP contribution in [-0.4, -0.2) is 19.1 Å². The maximum absolute atomic E-state index is 13.2. The van der Waals surface area contributed by atoms with E-state index in [1.807, 2.05) is 54.6 Å². The van der Waals surface area contributed by atoms with Crippen molar-refractivity contribution in [3.63, 3.8) is 0 Å². The molecule has 4 aliphatic carbocycles. The number of hydrogen-bond donors (Lipinski definition) is 1. The van der Waals surface area contributed by atoms with E-state index >= 15 is 0 Å². The van der Waals surface area contributed by atoms with E-state index in [2.05, 4.69) is 5.32 Å². The number of para-hydroxylation sites is 1. The van der Waals surface area contributed by atoms with Crippen molar-refractivity contribution < 1.29 is 14.3 Å². The lowest BCUT2D eigenvalue weighted by molar-refractivity contribution is -0.140. The predicted molar refractivity (Wildman–Crippen MR) is 113 cm³/mol. The van der Waals surface area contributed by atoms with E-state index in [4.69, 9.17) is 9.47 Å². The maximum Gasteiger partial charge on any atom is 0.230 e. The first kappa shape index (κ1) is 18.5. The predicted octanol–water partition coefficient (Wildman–Crippen LogP) is 5.30. The van der Waals surface area contributed by atoms with Gasteiger partial charge in [-0.15, -0.1) is 0 Å². The summed E-state index contributed by atoms with van der Waals surface area (Å²) in [6.07, 6.45) is 7.29. The molecule has 29 heavy (non-hydrogen) atoms. The molecule has 0 saturated heterocycles. The summed E-state index contributed by atoms with van der Waals surface area (Å²) in [6, 6.07) is 17.4. The number of ether oxygens (including phenoxy) is 2. The molecule has 1 N–H and O–H groups in total. The molecule has 4 bridgehead atoms. The van der Waals surface area contributed by atoms with E-state index in [0.717, 1.165) is 54.2 Å². The molecule has 0 aromatic heterocycles. The zero-order valence-corrected chi connectivity index (χ0v) is 16.8. The van der Waals surface area contributed by atoms with Gasteiger partial charge in [0, 0.05) is 11.8 Å². The Morgan fingerprint density at radius 2 is 1.41 bits per heavy atom. The van der Waals surface area contributed by atoms with Crippen LogP contribution in [0, 0.1) is 23.2 Å². The minimum Gasteiger partial charge on any atom is -0.490 e. The van der Waals surface area contributed by atoms with Gasteiger partial charge < -0.3 is 14.8 Å². The molecule has 4 aliphatic rings. The summed E-state index contributed by atoms with van der Waals surface area (Å²) in [5.74, 6) is 4.13. The number of hydrogen-bond acceptors (Lipinski definition) is 3. The van der Waals surface area contributed by atoms with Crippen LogP contribution in [0.2, 0.25) is 0 Å². The molecule has 1 amide bonds. The van der Waals surface area contributed by atoms with Crippen molar-refractivity contribution in [1.82, 2.24) is 0 Å². The molecule has 152 valence electrons. The van der Waals surface area contributed by atoms with Gasteiger partial charge in [0.1, 0.15) is 24.7 Å². The molecule has 0 unspecified atom stereocenters. The van der Waals surface area contributed by atoms with Crippen molar-refractivity contribution in [2.45, 2.75) is 38.5 Å². The quantitative estimate of drug-likeness (QED) is 0.652. The highest BCUT2D eigenvalue weighted by atomic mass is 16.5. The monoisotopic (exact) mass is 391 g/mol. The maximum atomic E-state index is 13.2. The SMILES string of the molecule is O=C(Nc1cccc(OCCOc2ccccc2)c1)C12CC3CC(CC(C3)C1)C2. The highest BCUT2D eigenvalue weighted by Gasteiger charge is 2.54. The van der Waals surface area contributed by atoms with Crippen molar-refractivity contribution in [3.05, 3.63) is 54.6 Å². The Bertz CT molecular complexity index is 828. The Balaban J connectivity index is 1.16. The largest absolute Gasteiger partial charge is 0.490 e. The number of rotatable bonds is 7. The Labute approximate surface area is 172 Å². The van der Waals surface area contributed by atoms with Crippen LogP contribution in [0.1, 0.15) is 38.5 Å². The summed E-state index contributed by atoms with van der Waals surface area (Å²) in [7, 11) is 0. The number of nitrogens with one attached hydrogen (secondary N) is 1. The van der Waals surface area contributed by atoms with Gasteiger partial charge in [-0.05, 0) is 80.5 Å². The lowest BCUT2D eigenvalue weighted by Crippen LogP contribution is -2.51. The molecule has 2 aromatic rings. The molecule has 0 heterocycles. The molecule has 4 saturated carbocycles. The summed E-state index contributed by atoms with van der Waals surface area (Å²) in [4.78, 5) is 13.2. The molecule has 0 radical (unpaired) electrons. The minimum atomic E-state index is -0.130. The Kier molecular flexibility index (Phi) is 4.94. The van der Waals surface area contributed by atoms with E-state index in [0.29, 0.717) is 13.2 Å². The molecule has 4 fully saturated rings. The second-order valence-electron chi connectivity index (χ2n) is 9.19. The third-order valence-corrected chi connectivity index (χ3v) is 6.98. The van der Waals surface area contributed by atoms with Gasteiger partial charge in [0.25, 0.3) is 0 Å². The standard InChI is InChI=1S/C25H29NO3/c27-24(25-15-18-11-19(16-25)13-20(12-18)17-25)26-21-5-4-8-23(14-21)29-10-9-28-22-6-2-1-3-7-22/h1-8,14,18-20H,9-13,15-17H2,(H,26,27). The van der Waals surface area contributed by atoms with Gasteiger partial charge in [-0.2, -0.15) is 0 Å². The van der Waals surface area contributed by atoms with Gasteiger partial charge in [0.2, 0.25) is 5.91 Å². The van der Waals surface area contributed by atoms with Crippen molar-refractivity contribution in [1.29, 1.82) is 0 Å². The van der Waals surface area contributed by atoms with Gasteiger partial charge in [-0.25, -0.2) is 0 Å². The van der Waals surface area contributed by atoms with Crippen LogP contribution in [0.4, 0.5) is 5.69 Å². The first-order valence-electron chi connectivity index (χ1n) is 10.9.